The second-order valence-electron chi connectivity index (χ2n) is 4.67. The molecule has 0 radical (unpaired) electrons. The Balaban J connectivity index is 0.000000231. The van der Waals surface area contributed by atoms with E-state index >= 15 is 0 Å². The number of carbonyl (C=O) groups is 1. The lowest BCUT2D eigenvalue weighted by molar-refractivity contribution is 0.106. The van der Waals surface area contributed by atoms with Gasteiger partial charge in [-0.1, -0.05) is 53.2 Å². The Morgan fingerprint density at radius 3 is 1.96 bits per heavy atom. The van der Waals surface area contributed by atoms with Gasteiger partial charge in [0.1, 0.15) is 5.71 Å². The van der Waals surface area contributed by atoms with E-state index in [1.807, 2.05) is 13.0 Å². The number of hydrogen-bond acceptors (Lipinski definition) is 5. The summed E-state index contributed by atoms with van der Waals surface area (Å²) in [5, 5.41) is 11.2. The standard InChI is InChI=1S/C9H9NO2.C7H8O3S/c1-7(10-12)9(11)8-5-3-2-4-6-8;1-6-2-4-7(5-3-6)11(8,9)10/h2-6,12H,1H3;2-5H,1H3,(H,8,9,10). The van der Waals surface area contributed by atoms with Crippen LogP contribution in [0.4, 0.5) is 0 Å². The van der Waals surface area contributed by atoms with Gasteiger partial charge in [0.25, 0.3) is 10.1 Å². The fourth-order valence-electron chi connectivity index (χ4n) is 1.55. The van der Waals surface area contributed by atoms with E-state index in [0.717, 1.165) is 5.56 Å². The number of hydrogen-bond donors (Lipinski definition) is 2. The molecule has 0 aliphatic rings. The van der Waals surface area contributed by atoms with Crippen LogP contribution in [-0.2, 0) is 10.1 Å². The zero-order valence-electron chi connectivity index (χ0n) is 12.7. The van der Waals surface area contributed by atoms with Gasteiger partial charge in [-0.05, 0) is 26.0 Å². The molecule has 2 aromatic rings. The monoisotopic (exact) mass is 335 g/mol. The molecule has 0 aromatic heterocycles. The Morgan fingerprint density at radius 1 is 1.00 bits per heavy atom. The summed E-state index contributed by atoms with van der Waals surface area (Å²) in [6.45, 7) is 3.31. The van der Waals surface area contributed by atoms with Crippen LogP contribution in [0.3, 0.4) is 0 Å². The quantitative estimate of drug-likeness (QED) is 0.295. The summed E-state index contributed by atoms with van der Waals surface area (Å²) in [6.07, 6.45) is 0. The van der Waals surface area contributed by atoms with Crippen LogP contribution in [0.25, 0.3) is 0 Å². The predicted molar refractivity (Wildman–Crippen MR) is 86.7 cm³/mol. The molecule has 0 aliphatic carbocycles. The molecule has 0 saturated heterocycles. The van der Waals surface area contributed by atoms with Gasteiger partial charge in [-0.2, -0.15) is 8.42 Å². The molecule has 0 heterocycles. The molecular weight excluding hydrogens is 318 g/mol. The molecule has 0 amide bonds. The number of benzene rings is 2. The van der Waals surface area contributed by atoms with E-state index in [9.17, 15) is 13.2 Å². The summed E-state index contributed by atoms with van der Waals surface area (Å²) in [5.41, 5.74) is 1.59. The number of rotatable bonds is 3. The van der Waals surface area contributed by atoms with Crippen molar-refractivity contribution in [2.45, 2.75) is 18.7 Å². The SMILES string of the molecule is CC(=NO)C(=O)c1ccccc1.Cc1ccc(S(=O)(=O)O)cc1. The highest BCUT2D eigenvalue weighted by Gasteiger charge is 2.08. The summed E-state index contributed by atoms with van der Waals surface area (Å²) in [5.74, 6) is -0.252. The first kappa shape index (κ1) is 18.5. The number of nitrogens with zero attached hydrogens (tertiary/aromatic N) is 1. The zero-order chi connectivity index (χ0) is 17.5. The molecule has 0 atom stereocenters. The van der Waals surface area contributed by atoms with Crippen molar-refractivity contribution in [2.75, 3.05) is 0 Å². The Kier molecular flexibility index (Phi) is 6.62. The molecule has 7 heteroatoms. The van der Waals surface area contributed by atoms with Crippen molar-refractivity contribution in [2.24, 2.45) is 5.16 Å². The molecule has 0 spiro atoms. The van der Waals surface area contributed by atoms with Crippen LogP contribution >= 0.6 is 0 Å². The summed E-state index contributed by atoms with van der Waals surface area (Å²) >= 11 is 0. The van der Waals surface area contributed by atoms with Crippen molar-refractivity contribution in [1.82, 2.24) is 0 Å². The Morgan fingerprint density at radius 2 is 1.52 bits per heavy atom. The highest BCUT2D eigenvalue weighted by Crippen LogP contribution is 2.08. The third-order valence-corrected chi connectivity index (χ3v) is 3.70. The molecule has 2 N–H and O–H groups in total. The summed E-state index contributed by atoms with van der Waals surface area (Å²) in [7, 11) is -4.02. The minimum atomic E-state index is -4.02. The number of aryl methyl sites for hydroxylation is 1. The zero-order valence-corrected chi connectivity index (χ0v) is 13.5. The van der Waals surface area contributed by atoms with Gasteiger partial charge < -0.3 is 5.21 Å². The average molecular weight is 335 g/mol. The number of oxime groups is 1. The van der Waals surface area contributed by atoms with Crippen molar-refractivity contribution in [3.63, 3.8) is 0 Å². The second kappa shape index (κ2) is 8.21. The molecule has 0 saturated carbocycles. The molecule has 2 aromatic carbocycles. The molecular formula is C16H17NO5S. The highest BCUT2D eigenvalue weighted by molar-refractivity contribution is 7.85. The average Bonchev–Trinajstić information content (AvgIpc) is 2.54. The van der Waals surface area contributed by atoms with E-state index in [4.69, 9.17) is 9.76 Å². The number of Topliss-reactive ketones (excluding diaryl/α,β-unsaturated/α-hetero) is 1. The molecule has 6 nitrogen and oxygen atoms in total. The van der Waals surface area contributed by atoms with Crippen molar-refractivity contribution in [3.05, 3.63) is 65.7 Å². The maximum atomic E-state index is 11.3. The van der Waals surface area contributed by atoms with Gasteiger partial charge >= 0.3 is 0 Å². The smallest absolute Gasteiger partial charge is 0.294 e. The van der Waals surface area contributed by atoms with E-state index in [1.165, 1.54) is 19.1 Å². The Bertz CT molecular complexity index is 781. The first-order chi connectivity index (χ1) is 10.8. The number of ketones is 1. The lowest BCUT2D eigenvalue weighted by atomic mass is 10.1. The highest BCUT2D eigenvalue weighted by atomic mass is 32.2. The lowest BCUT2D eigenvalue weighted by Gasteiger charge is -1.96. The summed E-state index contributed by atoms with van der Waals surface area (Å²) in [4.78, 5) is 11.2. The fraction of sp³-hybridized carbons (Fsp3) is 0.125. The normalized spacial score (nSPS) is 11.3. The van der Waals surface area contributed by atoms with Gasteiger partial charge in [-0.15, -0.1) is 0 Å². The van der Waals surface area contributed by atoms with Gasteiger partial charge in [0.15, 0.2) is 0 Å². The van der Waals surface area contributed by atoms with Gasteiger partial charge in [0.2, 0.25) is 5.78 Å². The minimum Gasteiger partial charge on any atom is -0.411 e. The van der Waals surface area contributed by atoms with Gasteiger partial charge in [0, 0.05) is 5.56 Å². The predicted octanol–water partition coefficient (Wildman–Crippen LogP) is 2.96. The van der Waals surface area contributed by atoms with Crippen molar-refractivity contribution < 1.29 is 23.0 Å². The van der Waals surface area contributed by atoms with Crippen LogP contribution in [0.5, 0.6) is 0 Å². The molecule has 122 valence electrons. The fourth-order valence-corrected chi connectivity index (χ4v) is 2.03. The Hall–Kier alpha value is -2.51. The van der Waals surface area contributed by atoms with E-state index in [2.05, 4.69) is 5.16 Å². The second-order valence-corrected chi connectivity index (χ2v) is 6.09. The van der Waals surface area contributed by atoms with Crippen LogP contribution in [0.1, 0.15) is 22.8 Å². The maximum absolute atomic E-state index is 11.3. The third kappa shape index (κ3) is 6.01. The van der Waals surface area contributed by atoms with Crippen LogP contribution < -0.4 is 0 Å². The van der Waals surface area contributed by atoms with Crippen molar-refractivity contribution in [1.29, 1.82) is 0 Å². The molecule has 2 rings (SSSR count). The molecule has 0 bridgehead atoms. The van der Waals surface area contributed by atoms with E-state index in [-0.39, 0.29) is 16.4 Å². The first-order valence-electron chi connectivity index (χ1n) is 6.58. The van der Waals surface area contributed by atoms with E-state index in [0.29, 0.717) is 5.56 Å². The summed E-state index contributed by atoms with van der Waals surface area (Å²) in [6, 6.07) is 14.7. The Labute approximate surface area is 134 Å². The van der Waals surface area contributed by atoms with Crippen LogP contribution in [-0.4, -0.2) is 29.7 Å². The largest absolute Gasteiger partial charge is 0.411 e. The minimum absolute atomic E-state index is 0.0666. The van der Waals surface area contributed by atoms with Gasteiger partial charge in [-0.3, -0.25) is 9.35 Å². The molecule has 0 aliphatic heterocycles. The molecule has 23 heavy (non-hydrogen) atoms. The third-order valence-electron chi connectivity index (χ3n) is 2.83. The van der Waals surface area contributed by atoms with Crippen LogP contribution in [0.2, 0.25) is 0 Å². The van der Waals surface area contributed by atoms with Crippen LogP contribution in [0.15, 0.2) is 64.6 Å². The summed E-state index contributed by atoms with van der Waals surface area (Å²) < 4.78 is 29.6. The topological polar surface area (TPSA) is 104 Å². The number of carbonyl (C=O) groups excluding carboxylic acids is 1. The van der Waals surface area contributed by atoms with Crippen molar-refractivity contribution >= 4 is 21.6 Å². The van der Waals surface area contributed by atoms with Gasteiger partial charge in [-0.25, -0.2) is 0 Å². The van der Waals surface area contributed by atoms with Gasteiger partial charge in [0.05, 0.1) is 4.90 Å². The van der Waals surface area contributed by atoms with Crippen LogP contribution in [0, 0.1) is 6.92 Å². The molecule has 0 unspecified atom stereocenters. The van der Waals surface area contributed by atoms with E-state index < -0.39 is 10.1 Å². The molecule has 0 fully saturated rings. The maximum Gasteiger partial charge on any atom is 0.294 e. The first-order valence-corrected chi connectivity index (χ1v) is 8.02. The van der Waals surface area contributed by atoms with E-state index in [1.54, 1.807) is 36.4 Å². The van der Waals surface area contributed by atoms with Crippen molar-refractivity contribution in [3.8, 4) is 0 Å². The lowest BCUT2D eigenvalue weighted by Crippen LogP contribution is -2.09.